The minimum atomic E-state index is -2.43. The van der Waals surface area contributed by atoms with Gasteiger partial charge in [-0.25, -0.2) is 4.79 Å². The van der Waals surface area contributed by atoms with Crippen LogP contribution in [0.1, 0.15) is 44.9 Å². The molecule has 0 amide bonds. The predicted octanol–water partition coefficient (Wildman–Crippen LogP) is 1.28. The molecule has 7 N–H and O–H groups in total. The third-order valence-corrected chi connectivity index (χ3v) is 6.39. The summed E-state index contributed by atoms with van der Waals surface area (Å²) in [5.41, 5.74) is 5.81. The molecule has 1 aromatic rings. The third-order valence-electron chi connectivity index (χ3n) is 5.11. The fourth-order valence-electron chi connectivity index (χ4n) is 3.26. The van der Waals surface area contributed by atoms with Crippen LogP contribution in [0, 0.1) is 0 Å². The van der Waals surface area contributed by atoms with Gasteiger partial charge in [0.05, 0.1) is 16.6 Å². The van der Waals surface area contributed by atoms with E-state index in [1.807, 2.05) is 0 Å². The number of aliphatic hydroxyl groups is 4. The van der Waals surface area contributed by atoms with Crippen LogP contribution in [0.15, 0.2) is 21.6 Å². The zero-order valence-corrected chi connectivity index (χ0v) is 18.8. The lowest BCUT2D eigenvalue weighted by atomic mass is 9.89. The minimum Gasteiger partial charge on any atom is -0.479 e. The average Bonchev–Trinajstić information content (AvgIpc) is 3.12. The normalized spacial score (nSPS) is 24.8. The van der Waals surface area contributed by atoms with Gasteiger partial charge in [-0.15, -0.1) is 0 Å². The number of aliphatic hydroxyl groups excluding tert-OH is 4. The number of carboxylic acids is 1. The Morgan fingerprint density at radius 3 is 2.23 bits per heavy atom. The number of carbonyl (C=O) groups excluding carboxylic acids is 1. The summed E-state index contributed by atoms with van der Waals surface area (Å²) >= 11 is 9.24. The van der Waals surface area contributed by atoms with Crippen molar-refractivity contribution in [2.45, 2.75) is 68.5 Å². The molecular weight excluding hydrogens is 496 g/mol. The molecule has 3 rings (SSSR count). The first-order valence-corrected chi connectivity index (χ1v) is 10.9. The number of ketones is 1. The van der Waals surface area contributed by atoms with E-state index >= 15 is 0 Å². The number of carbonyl (C=O) groups is 2. The van der Waals surface area contributed by atoms with Crippen LogP contribution < -0.4 is 5.73 Å². The quantitative estimate of drug-likeness (QED) is 0.324. The smallest absolute Gasteiger partial charge is 0.335 e. The molecular formula is C20H26BrClN2O7. The first kappa shape index (κ1) is 24.2. The van der Waals surface area contributed by atoms with Gasteiger partial charge in [-0.2, -0.15) is 0 Å². The maximum atomic E-state index is 12.5. The molecule has 11 heteroatoms. The molecule has 1 heterocycles. The Bertz CT molecular complexity index is 884. The lowest BCUT2D eigenvalue weighted by molar-refractivity contribution is -0.165. The molecule has 0 saturated heterocycles. The van der Waals surface area contributed by atoms with Gasteiger partial charge in [0.15, 0.2) is 11.9 Å². The van der Waals surface area contributed by atoms with Crippen molar-refractivity contribution in [3.63, 3.8) is 0 Å². The first-order chi connectivity index (χ1) is 14.9. The highest BCUT2D eigenvalue weighted by atomic mass is 79.9. The Kier molecular flexibility index (Phi) is 8.96. The van der Waals surface area contributed by atoms with Crippen LogP contribution in [0.5, 0.6) is 0 Å². The summed E-state index contributed by atoms with van der Waals surface area (Å²) in [5.74, 6) is -5.41. The maximum Gasteiger partial charge on any atom is 0.335 e. The second kappa shape index (κ2) is 11.5. The van der Waals surface area contributed by atoms with Gasteiger partial charge in [-0.3, -0.25) is 9.79 Å². The van der Waals surface area contributed by atoms with Gasteiger partial charge in [0.25, 0.3) is 0 Å². The van der Waals surface area contributed by atoms with Crippen molar-refractivity contribution in [2.24, 2.45) is 10.7 Å². The molecule has 2 aliphatic rings. The van der Waals surface area contributed by atoms with Gasteiger partial charge in [0.2, 0.25) is 0 Å². The van der Waals surface area contributed by atoms with Gasteiger partial charge < -0.3 is 31.3 Å². The summed E-state index contributed by atoms with van der Waals surface area (Å²) < 4.78 is 8.70. The fraction of sp³-hybridized carbons (Fsp3) is 0.550. The second-order valence-corrected chi connectivity index (χ2v) is 8.63. The van der Waals surface area contributed by atoms with E-state index in [-0.39, 0.29) is 16.3 Å². The topological polar surface area (TPSA) is 174 Å². The monoisotopic (exact) mass is 521 g/mol. The van der Waals surface area contributed by atoms with Crippen LogP contribution in [0.25, 0.3) is 0 Å². The maximum absolute atomic E-state index is 12.5. The molecule has 9 nitrogen and oxygen atoms in total. The molecule has 31 heavy (non-hydrogen) atoms. The highest BCUT2D eigenvalue weighted by Crippen LogP contribution is 2.42. The summed E-state index contributed by atoms with van der Waals surface area (Å²) in [6.07, 6.45) is -1.92. The van der Waals surface area contributed by atoms with E-state index < -0.39 is 42.1 Å². The third kappa shape index (κ3) is 6.32. The molecule has 5 atom stereocenters. The van der Waals surface area contributed by atoms with Crippen LogP contribution >= 0.6 is 27.5 Å². The van der Waals surface area contributed by atoms with E-state index in [0.29, 0.717) is 10.5 Å². The van der Waals surface area contributed by atoms with Crippen LogP contribution in [-0.4, -0.2) is 74.0 Å². The summed E-state index contributed by atoms with van der Waals surface area (Å²) in [5, 5.41) is 47.2. The van der Waals surface area contributed by atoms with Crippen molar-refractivity contribution in [3.8, 4) is 0 Å². The first-order valence-electron chi connectivity index (χ1n) is 10.2. The number of nitrogens with zero attached hydrogens (tertiary/aromatic N) is 1. The molecule has 172 valence electrons. The largest absolute Gasteiger partial charge is 0.479 e. The summed E-state index contributed by atoms with van der Waals surface area (Å²) in [7, 11) is 0. The van der Waals surface area contributed by atoms with Crippen LogP contribution in [-0.2, 0) is 9.59 Å². The average molecular weight is 523 g/mol. The van der Waals surface area contributed by atoms with Crippen molar-refractivity contribution in [1.82, 2.24) is 0 Å². The van der Waals surface area contributed by atoms with E-state index in [1.54, 1.807) is 6.07 Å². The molecule has 1 fully saturated rings. The Labute approximate surface area is 194 Å². The number of benzene rings is 1. The second-order valence-electron chi connectivity index (χ2n) is 7.40. The molecule has 1 aliphatic heterocycles. The number of carboxylic acid groups (broad SMARTS) is 1. The highest BCUT2D eigenvalue weighted by molar-refractivity contribution is 9.10. The van der Waals surface area contributed by atoms with Gasteiger partial charge >= 0.3 is 5.97 Å². The zero-order chi connectivity index (χ0) is 24.2. The number of hydrogen-bond acceptors (Lipinski definition) is 8. The lowest BCUT2D eigenvalue weighted by Crippen LogP contribution is -2.50. The number of rotatable bonds is 6. The number of aliphatic imine (C=N–C) groups is 1. The van der Waals surface area contributed by atoms with E-state index in [4.69, 9.17) is 23.8 Å². The predicted molar refractivity (Wildman–Crippen MR) is 118 cm³/mol. The SMILES string of the molecule is NC1CCCCC1.[2H]C1(C(=O)[C@H](O)[C@@H](O)[C@H](O)[C@H](O)C(=O)O)C=Nc2ccc(Br)c(Cl)c21. The van der Waals surface area contributed by atoms with Crippen molar-refractivity contribution in [3.05, 3.63) is 27.2 Å². The Hall–Kier alpha value is -1.40. The van der Waals surface area contributed by atoms with Gasteiger partial charge in [-0.05, 0) is 40.9 Å². The van der Waals surface area contributed by atoms with E-state index in [0.717, 1.165) is 6.21 Å². The molecule has 1 saturated carbocycles. The van der Waals surface area contributed by atoms with Crippen molar-refractivity contribution in [2.75, 3.05) is 0 Å². The van der Waals surface area contributed by atoms with E-state index in [2.05, 4.69) is 20.9 Å². The minimum absolute atomic E-state index is 0.00570. The van der Waals surface area contributed by atoms with E-state index in [1.165, 1.54) is 38.2 Å². The molecule has 0 bridgehead atoms. The summed E-state index contributed by atoms with van der Waals surface area (Å²) in [6, 6.07) is 3.57. The zero-order valence-electron chi connectivity index (χ0n) is 17.5. The molecule has 1 aliphatic carbocycles. The molecule has 1 aromatic carbocycles. The van der Waals surface area contributed by atoms with Gasteiger partial charge in [0.1, 0.15) is 18.3 Å². The number of nitrogens with two attached hydrogens (primary N) is 1. The van der Waals surface area contributed by atoms with Crippen LogP contribution in [0.2, 0.25) is 5.02 Å². The number of hydrogen-bond donors (Lipinski definition) is 6. The van der Waals surface area contributed by atoms with Gasteiger partial charge in [-0.1, -0.05) is 30.9 Å². The Morgan fingerprint density at radius 1 is 1.13 bits per heavy atom. The number of halogens is 2. The summed E-state index contributed by atoms with van der Waals surface area (Å²) in [6.45, 7) is 0. The van der Waals surface area contributed by atoms with Crippen molar-refractivity contribution in [1.29, 1.82) is 0 Å². The molecule has 0 aromatic heterocycles. The van der Waals surface area contributed by atoms with Crippen LogP contribution in [0.3, 0.4) is 0 Å². The van der Waals surface area contributed by atoms with Crippen molar-refractivity contribution < 1.29 is 36.5 Å². The summed E-state index contributed by atoms with van der Waals surface area (Å²) in [4.78, 5) is 27.1. The highest BCUT2D eigenvalue weighted by Gasteiger charge is 2.41. The lowest BCUT2D eigenvalue weighted by Gasteiger charge is -2.25. The molecule has 0 spiro atoms. The Balaban J connectivity index is 0.000000439. The Morgan fingerprint density at radius 2 is 1.71 bits per heavy atom. The molecule has 1 unspecified atom stereocenters. The van der Waals surface area contributed by atoms with Gasteiger partial charge in [0, 0.05) is 23.7 Å². The standard InChI is InChI=1S/C14H13BrClNO7.C6H13N/c15-5-1-2-6-7(8(5)16)4(3-17-6)9(18)10(19)11(20)12(21)13(22)14(23)24;7-6-4-2-1-3-5-6/h1-4,10-13,19-22H,(H,23,24);6H,1-5,7H2/t4?,10-,11+,12-,13-;/m0./s1/i4D;. The van der Waals surface area contributed by atoms with E-state index in [9.17, 15) is 30.0 Å². The fourth-order valence-corrected chi connectivity index (χ4v) is 3.85. The molecule has 0 radical (unpaired) electrons. The number of aliphatic carboxylic acids is 1. The number of Topliss-reactive ketones (excluding diaryl/α,β-unsaturated/α-hetero) is 1. The van der Waals surface area contributed by atoms with Crippen LogP contribution in [0.4, 0.5) is 5.69 Å². The number of fused-ring (bicyclic) bond motifs is 1. The van der Waals surface area contributed by atoms with Crippen molar-refractivity contribution >= 4 is 51.2 Å².